The molecule has 0 heterocycles. The first kappa shape index (κ1) is 22.3. The van der Waals surface area contributed by atoms with Gasteiger partial charge < -0.3 is 20.3 Å². The summed E-state index contributed by atoms with van der Waals surface area (Å²) >= 11 is 0. The van der Waals surface area contributed by atoms with Gasteiger partial charge in [0.25, 0.3) is 0 Å². The third-order valence-corrected chi connectivity index (χ3v) is 4.53. The Kier molecular flexibility index (Phi) is 9.02. The third-order valence-electron chi connectivity index (χ3n) is 4.53. The fourth-order valence-corrected chi connectivity index (χ4v) is 2.86. The number of carbonyl (C=O) groups excluding carboxylic acids is 2. The van der Waals surface area contributed by atoms with Crippen LogP contribution < -0.4 is 15.5 Å². The van der Waals surface area contributed by atoms with E-state index in [-0.39, 0.29) is 12.0 Å². The molecule has 0 atom stereocenters. The SMILES string of the molecule is CCCCOC(=O)c1ccc(NC(=O)NCCN(CC)c2cccc(C)c2)cc1. The minimum absolute atomic E-state index is 0.274. The maximum Gasteiger partial charge on any atom is 0.338 e. The zero-order chi connectivity index (χ0) is 21.1. The van der Waals surface area contributed by atoms with Crippen LogP contribution in [0.5, 0.6) is 0 Å². The lowest BCUT2D eigenvalue weighted by Crippen LogP contribution is -2.37. The van der Waals surface area contributed by atoms with Gasteiger partial charge in [-0.2, -0.15) is 0 Å². The van der Waals surface area contributed by atoms with E-state index in [1.165, 1.54) is 5.56 Å². The number of anilines is 2. The number of nitrogens with zero attached hydrogens (tertiary/aromatic N) is 1. The predicted molar refractivity (Wildman–Crippen MR) is 118 cm³/mol. The summed E-state index contributed by atoms with van der Waals surface area (Å²) in [6.45, 7) is 8.74. The van der Waals surface area contributed by atoms with Gasteiger partial charge >= 0.3 is 12.0 Å². The number of nitrogens with one attached hydrogen (secondary N) is 2. The van der Waals surface area contributed by atoms with E-state index in [1.807, 2.05) is 13.0 Å². The molecular formula is C23H31N3O3. The summed E-state index contributed by atoms with van der Waals surface area (Å²) in [7, 11) is 0. The van der Waals surface area contributed by atoms with Crippen LogP contribution in [0.15, 0.2) is 48.5 Å². The first-order valence-electron chi connectivity index (χ1n) is 10.2. The Bertz CT molecular complexity index is 790. The van der Waals surface area contributed by atoms with E-state index in [0.717, 1.165) is 31.6 Å². The molecule has 2 rings (SSSR count). The van der Waals surface area contributed by atoms with Gasteiger partial charge in [-0.05, 0) is 62.2 Å². The topological polar surface area (TPSA) is 70.7 Å². The minimum atomic E-state index is -0.342. The maximum atomic E-state index is 12.1. The number of likely N-dealkylation sites (N-methyl/N-ethyl adjacent to an activating group) is 1. The Morgan fingerprint density at radius 1 is 1.07 bits per heavy atom. The fourth-order valence-electron chi connectivity index (χ4n) is 2.86. The lowest BCUT2D eigenvalue weighted by Gasteiger charge is -2.23. The van der Waals surface area contributed by atoms with Crippen molar-refractivity contribution in [2.75, 3.05) is 36.5 Å². The number of unbranched alkanes of at least 4 members (excludes halogenated alkanes) is 1. The predicted octanol–water partition coefficient (Wildman–Crippen LogP) is 4.60. The number of esters is 1. The van der Waals surface area contributed by atoms with Crippen LogP contribution in [0.2, 0.25) is 0 Å². The molecule has 2 aromatic carbocycles. The zero-order valence-electron chi connectivity index (χ0n) is 17.5. The minimum Gasteiger partial charge on any atom is -0.462 e. The molecule has 0 aliphatic heterocycles. The van der Waals surface area contributed by atoms with Crippen molar-refractivity contribution < 1.29 is 14.3 Å². The third kappa shape index (κ3) is 7.49. The number of amides is 2. The van der Waals surface area contributed by atoms with Crippen LogP contribution in [-0.2, 0) is 4.74 Å². The number of hydrogen-bond acceptors (Lipinski definition) is 4. The molecule has 29 heavy (non-hydrogen) atoms. The van der Waals surface area contributed by atoms with Gasteiger partial charge in [0, 0.05) is 31.0 Å². The molecule has 0 aliphatic carbocycles. The molecule has 156 valence electrons. The normalized spacial score (nSPS) is 10.3. The van der Waals surface area contributed by atoms with Gasteiger partial charge in [0.05, 0.1) is 12.2 Å². The highest BCUT2D eigenvalue weighted by Gasteiger charge is 2.09. The van der Waals surface area contributed by atoms with Gasteiger partial charge in [0.2, 0.25) is 0 Å². The Labute approximate surface area is 173 Å². The lowest BCUT2D eigenvalue weighted by molar-refractivity contribution is 0.0500. The summed E-state index contributed by atoms with van der Waals surface area (Å²) in [5, 5.41) is 5.65. The monoisotopic (exact) mass is 397 g/mol. The fraction of sp³-hybridized carbons (Fsp3) is 0.391. The van der Waals surface area contributed by atoms with E-state index in [9.17, 15) is 9.59 Å². The highest BCUT2D eigenvalue weighted by atomic mass is 16.5. The standard InChI is InChI=1S/C23H31N3O3/c1-4-6-16-29-22(27)19-10-12-20(13-11-19)25-23(28)24-14-15-26(5-2)21-9-7-8-18(3)17-21/h7-13,17H,4-6,14-16H2,1-3H3,(H2,24,25,28). The molecule has 6 nitrogen and oxygen atoms in total. The van der Waals surface area contributed by atoms with Crippen molar-refractivity contribution >= 4 is 23.4 Å². The molecule has 0 bridgehead atoms. The summed E-state index contributed by atoms with van der Waals surface area (Å²) in [4.78, 5) is 26.2. The van der Waals surface area contributed by atoms with Crippen molar-refractivity contribution in [1.29, 1.82) is 0 Å². The van der Waals surface area contributed by atoms with Crippen LogP contribution in [0.3, 0.4) is 0 Å². The number of rotatable bonds is 10. The molecular weight excluding hydrogens is 366 g/mol. The van der Waals surface area contributed by atoms with E-state index in [0.29, 0.717) is 24.4 Å². The van der Waals surface area contributed by atoms with Crippen molar-refractivity contribution in [3.8, 4) is 0 Å². The van der Waals surface area contributed by atoms with Crippen LogP contribution in [0, 0.1) is 6.92 Å². The second-order valence-corrected chi connectivity index (χ2v) is 6.87. The summed E-state index contributed by atoms with van der Waals surface area (Å²) in [5.41, 5.74) is 3.46. The number of hydrogen-bond donors (Lipinski definition) is 2. The van der Waals surface area contributed by atoms with E-state index >= 15 is 0 Å². The quantitative estimate of drug-likeness (QED) is 0.454. The Balaban J connectivity index is 1.78. The summed E-state index contributed by atoms with van der Waals surface area (Å²) in [6.07, 6.45) is 1.83. The van der Waals surface area contributed by atoms with Gasteiger partial charge in [0.15, 0.2) is 0 Å². The highest BCUT2D eigenvalue weighted by Crippen LogP contribution is 2.15. The lowest BCUT2D eigenvalue weighted by atomic mass is 10.2. The van der Waals surface area contributed by atoms with Gasteiger partial charge in [-0.1, -0.05) is 25.5 Å². The first-order valence-corrected chi connectivity index (χ1v) is 10.2. The molecule has 2 N–H and O–H groups in total. The molecule has 6 heteroatoms. The number of urea groups is 1. The first-order chi connectivity index (χ1) is 14.0. The Morgan fingerprint density at radius 3 is 2.48 bits per heavy atom. The van der Waals surface area contributed by atoms with Gasteiger partial charge in [-0.3, -0.25) is 0 Å². The Hall–Kier alpha value is -3.02. The summed E-state index contributed by atoms with van der Waals surface area (Å²) < 4.78 is 5.18. The van der Waals surface area contributed by atoms with Crippen LogP contribution in [0.4, 0.5) is 16.2 Å². The molecule has 0 saturated heterocycles. The van der Waals surface area contributed by atoms with Crippen LogP contribution >= 0.6 is 0 Å². The van der Waals surface area contributed by atoms with Gasteiger partial charge in [0.1, 0.15) is 0 Å². The van der Waals surface area contributed by atoms with Gasteiger partial charge in [-0.15, -0.1) is 0 Å². The van der Waals surface area contributed by atoms with Crippen molar-refractivity contribution in [3.63, 3.8) is 0 Å². The average Bonchev–Trinajstić information content (AvgIpc) is 2.72. The largest absolute Gasteiger partial charge is 0.462 e. The molecule has 2 aromatic rings. The number of ether oxygens (including phenoxy) is 1. The zero-order valence-corrected chi connectivity index (χ0v) is 17.5. The van der Waals surface area contributed by atoms with E-state index in [4.69, 9.17) is 4.74 Å². The number of benzene rings is 2. The number of carbonyl (C=O) groups is 2. The average molecular weight is 398 g/mol. The summed E-state index contributed by atoms with van der Waals surface area (Å²) in [5.74, 6) is -0.342. The molecule has 0 fully saturated rings. The van der Waals surface area contributed by atoms with E-state index in [2.05, 4.69) is 47.6 Å². The van der Waals surface area contributed by atoms with Crippen molar-refractivity contribution in [2.45, 2.75) is 33.6 Å². The molecule has 0 unspecified atom stereocenters. The summed E-state index contributed by atoms with van der Waals surface area (Å²) in [6, 6.07) is 14.7. The highest BCUT2D eigenvalue weighted by molar-refractivity contribution is 5.92. The van der Waals surface area contributed by atoms with E-state index < -0.39 is 0 Å². The van der Waals surface area contributed by atoms with Crippen molar-refractivity contribution in [2.24, 2.45) is 0 Å². The second-order valence-electron chi connectivity index (χ2n) is 6.87. The van der Waals surface area contributed by atoms with E-state index in [1.54, 1.807) is 24.3 Å². The van der Waals surface area contributed by atoms with Crippen molar-refractivity contribution in [1.82, 2.24) is 5.32 Å². The molecule has 0 radical (unpaired) electrons. The molecule has 0 aliphatic rings. The van der Waals surface area contributed by atoms with Crippen LogP contribution in [0.25, 0.3) is 0 Å². The smallest absolute Gasteiger partial charge is 0.338 e. The van der Waals surface area contributed by atoms with Crippen molar-refractivity contribution in [3.05, 3.63) is 59.7 Å². The molecule has 2 amide bonds. The number of aryl methyl sites for hydroxylation is 1. The van der Waals surface area contributed by atoms with Crippen LogP contribution in [0.1, 0.15) is 42.6 Å². The Morgan fingerprint density at radius 2 is 1.83 bits per heavy atom. The van der Waals surface area contributed by atoms with Crippen LogP contribution in [-0.4, -0.2) is 38.2 Å². The molecule has 0 spiro atoms. The van der Waals surface area contributed by atoms with Gasteiger partial charge in [-0.25, -0.2) is 9.59 Å². The molecule has 0 saturated carbocycles. The molecule has 0 aromatic heterocycles. The second kappa shape index (κ2) is 11.7. The maximum absolute atomic E-state index is 12.1.